The number of aromatic nitrogens is 1. The Morgan fingerprint density at radius 2 is 2.11 bits per heavy atom. The summed E-state index contributed by atoms with van der Waals surface area (Å²) in [5, 5.41) is 15.1. The Hall–Kier alpha value is -1.81. The van der Waals surface area contributed by atoms with Crippen LogP contribution in [0.5, 0.6) is 5.75 Å². The van der Waals surface area contributed by atoms with Gasteiger partial charge in [-0.15, -0.1) is 11.3 Å². The molecule has 2 saturated carbocycles. The molecule has 1 heterocycles. The molecule has 5 rings (SSSR count). The molecule has 1 aromatic carbocycles. The van der Waals surface area contributed by atoms with Gasteiger partial charge < -0.3 is 24.9 Å². The Kier molecular flexibility index (Phi) is 7.05. The number of nitrogens with one attached hydrogen (secondary N) is 1. The summed E-state index contributed by atoms with van der Waals surface area (Å²) in [7, 11) is -3.28. The molecule has 1 aromatic heterocycles. The van der Waals surface area contributed by atoms with E-state index in [0.717, 1.165) is 29.9 Å². The van der Waals surface area contributed by atoms with Crippen LogP contribution in [0.2, 0.25) is 0 Å². The maximum Gasteiger partial charge on any atom is 0.472 e. The number of ether oxygens (including phenoxy) is 1. The second-order valence-corrected chi connectivity index (χ2v) is 13.4. The quantitative estimate of drug-likeness (QED) is 0.286. The van der Waals surface area contributed by atoms with E-state index < -0.39 is 19.0 Å². The first kappa shape index (κ1) is 26.8. The molecular formula is C26H35N2O7PS. The van der Waals surface area contributed by atoms with Gasteiger partial charge in [0.1, 0.15) is 5.75 Å². The largest absolute Gasteiger partial charge is 0.497 e. The van der Waals surface area contributed by atoms with Gasteiger partial charge in [-0.05, 0) is 86.0 Å². The van der Waals surface area contributed by atoms with Crippen LogP contribution in [0, 0.1) is 30.1 Å². The molecule has 2 fully saturated rings. The van der Waals surface area contributed by atoms with Crippen LogP contribution in [0.4, 0.5) is 5.13 Å². The molecule has 3 aliphatic rings. The van der Waals surface area contributed by atoms with Gasteiger partial charge in [0, 0.05) is 29.3 Å². The van der Waals surface area contributed by atoms with Gasteiger partial charge in [0.05, 0.1) is 7.11 Å². The van der Waals surface area contributed by atoms with Crippen LogP contribution in [-0.4, -0.2) is 38.7 Å². The van der Waals surface area contributed by atoms with Gasteiger partial charge >= 0.3 is 7.82 Å². The fourth-order valence-corrected chi connectivity index (χ4v) is 8.86. The number of carbonyl (C=O) groups is 1. The second-order valence-electron chi connectivity index (χ2n) is 11.0. The molecule has 2 aromatic rings. The average molecular weight is 551 g/mol. The van der Waals surface area contributed by atoms with Crippen molar-refractivity contribution >= 4 is 30.2 Å². The zero-order valence-corrected chi connectivity index (χ0v) is 23.1. The Bertz CT molecular complexity index is 1230. The molecule has 0 bridgehead atoms. The van der Waals surface area contributed by atoms with E-state index in [2.05, 4.69) is 22.4 Å². The zero-order valence-electron chi connectivity index (χ0n) is 21.3. The topological polar surface area (TPSA) is 138 Å². The second kappa shape index (κ2) is 9.74. The van der Waals surface area contributed by atoms with Crippen molar-refractivity contribution in [1.82, 2.24) is 4.98 Å². The smallest absolute Gasteiger partial charge is 0.472 e. The molecule has 1 amide bonds. The Morgan fingerprint density at radius 3 is 2.78 bits per heavy atom. The lowest BCUT2D eigenvalue weighted by molar-refractivity contribution is -0.230. The predicted molar refractivity (Wildman–Crippen MR) is 139 cm³/mol. The minimum Gasteiger partial charge on any atom is -0.497 e. The first-order valence-corrected chi connectivity index (χ1v) is 15.1. The van der Waals surface area contributed by atoms with E-state index in [9.17, 15) is 24.3 Å². The maximum absolute atomic E-state index is 12.7. The summed E-state index contributed by atoms with van der Waals surface area (Å²) in [5.41, 5.74) is 1.73. The van der Waals surface area contributed by atoms with Crippen molar-refractivity contribution in [1.29, 1.82) is 0 Å². The summed E-state index contributed by atoms with van der Waals surface area (Å²) < 4.78 is 22.5. The Morgan fingerprint density at radius 1 is 1.32 bits per heavy atom. The summed E-state index contributed by atoms with van der Waals surface area (Å²) in [6.45, 7) is 3.83. The molecule has 3 aliphatic carbocycles. The van der Waals surface area contributed by atoms with Crippen LogP contribution in [0.1, 0.15) is 67.4 Å². The van der Waals surface area contributed by atoms with E-state index in [4.69, 9.17) is 9.26 Å². The molecule has 11 heteroatoms. The highest BCUT2D eigenvalue weighted by Gasteiger charge is 2.67. The molecule has 0 saturated heterocycles. The molecule has 202 valence electrons. The van der Waals surface area contributed by atoms with Crippen LogP contribution in [0.15, 0.2) is 24.4 Å². The van der Waals surface area contributed by atoms with Gasteiger partial charge in [-0.3, -0.25) is 9.32 Å². The number of aliphatic hydroxyl groups is 1. The molecule has 6 atom stereocenters. The van der Waals surface area contributed by atoms with E-state index in [1.165, 1.54) is 22.5 Å². The Balaban J connectivity index is 1.42. The lowest BCUT2D eigenvalue weighted by atomic mass is 9.53. The molecule has 4 N–H and O–H groups in total. The SMILES string of the molecule is COc1ccc2c(c1)CCC1C2CC[C@@]2(C)C1C(CCC(=O)Nc1ncc(C)s1)C[C@]2(O)OP(=O)(O)O. The minimum absolute atomic E-state index is 0.0482. The third kappa shape index (κ3) is 5.00. The van der Waals surface area contributed by atoms with Crippen molar-refractivity contribution in [3.63, 3.8) is 0 Å². The standard InChI is InChI=1S/C26H35N2O7PS/c1-15-14-27-24(37-15)28-22(29)9-5-17-13-26(30,35-36(31,32)33)25(2)11-10-20-19-8-6-18(34-3)12-16(19)4-7-21(20)23(17)25/h6,8,12,14,17,20-21,23,30H,4-5,7,9-11,13H2,1-3H3,(H,27,28,29)(H2,31,32,33)/t17?,20?,21?,23?,25-,26-/m0/s1. The number of hydrogen-bond acceptors (Lipinski definition) is 7. The van der Waals surface area contributed by atoms with Crippen molar-refractivity contribution in [2.75, 3.05) is 12.4 Å². The van der Waals surface area contributed by atoms with Crippen molar-refractivity contribution in [2.45, 2.75) is 70.5 Å². The average Bonchev–Trinajstić information content (AvgIpc) is 3.33. The number of phosphoric acid groups is 1. The lowest BCUT2D eigenvalue weighted by Crippen LogP contribution is -2.52. The number of rotatable bonds is 7. The number of fused-ring (bicyclic) bond motifs is 5. The highest BCUT2D eigenvalue weighted by molar-refractivity contribution is 7.46. The number of thiazole rings is 1. The van der Waals surface area contributed by atoms with Crippen LogP contribution < -0.4 is 10.1 Å². The zero-order chi connectivity index (χ0) is 26.6. The van der Waals surface area contributed by atoms with Crippen LogP contribution in [-0.2, 0) is 20.3 Å². The molecular weight excluding hydrogens is 515 g/mol. The predicted octanol–water partition coefficient (Wildman–Crippen LogP) is 4.76. The number of carbonyl (C=O) groups excluding carboxylic acids is 1. The van der Waals surface area contributed by atoms with Crippen molar-refractivity contribution < 1.29 is 33.5 Å². The van der Waals surface area contributed by atoms with Gasteiger partial charge in [-0.2, -0.15) is 0 Å². The van der Waals surface area contributed by atoms with E-state index in [0.29, 0.717) is 18.0 Å². The normalized spacial score (nSPS) is 32.8. The van der Waals surface area contributed by atoms with Gasteiger partial charge in [-0.1, -0.05) is 13.0 Å². The molecule has 0 radical (unpaired) electrons. The third-order valence-electron chi connectivity index (χ3n) is 9.00. The van der Waals surface area contributed by atoms with Crippen molar-refractivity contribution in [2.24, 2.45) is 23.2 Å². The molecule has 9 nitrogen and oxygen atoms in total. The number of aryl methyl sites for hydroxylation is 2. The van der Waals surface area contributed by atoms with Gasteiger partial charge in [0.15, 0.2) is 10.9 Å². The summed E-state index contributed by atoms with van der Waals surface area (Å²) >= 11 is 1.41. The summed E-state index contributed by atoms with van der Waals surface area (Å²) in [5.74, 6) is -0.970. The number of nitrogens with zero attached hydrogens (tertiary/aromatic N) is 1. The summed E-state index contributed by atoms with van der Waals surface area (Å²) in [6.07, 6.45) is 5.65. The van der Waals surface area contributed by atoms with Crippen LogP contribution in [0.25, 0.3) is 0 Å². The van der Waals surface area contributed by atoms with Crippen molar-refractivity contribution in [3.05, 3.63) is 40.4 Å². The summed E-state index contributed by atoms with van der Waals surface area (Å²) in [6, 6.07) is 6.22. The highest BCUT2D eigenvalue weighted by atomic mass is 32.1. The molecule has 0 spiro atoms. The fourth-order valence-electron chi connectivity index (χ4n) is 7.51. The number of methoxy groups -OCH3 is 1. The van der Waals surface area contributed by atoms with Gasteiger partial charge in [-0.25, -0.2) is 9.55 Å². The minimum atomic E-state index is -4.94. The van der Waals surface area contributed by atoms with E-state index in [-0.39, 0.29) is 42.4 Å². The fraction of sp³-hybridized carbons (Fsp3) is 0.615. The summed E-state index contributed by atoms with van der Waals surface area (Å²) in [4.78, 5) is 37.3. The van der Waals surface area contributed by atoms with Crippen LogP contribution >= 0.6 is 19.2 Å². The number of phosphoric ester groups is 1. The number of anilines is 1. The van der Waals surface area contributed by atoms with Crippen LogP contribution in [0.3, 0.4) is 0 Å². The first-order valence-electron chi connectivity index (χ1n) is 12.8. The maximum atomic E-state index is 12.7. The van der Waals surface area contributed by atoms with Gasteiger partial charge in [0.2, 0.25) is 5.91 Å². The number of amides is 1. The number of hydrogen-bond donors (Lipinski definition) is 4. The number of benzene rings is 1. The van der Waals surface area contributed by atoms with E-state index >= 15 is 0 Å². The monoisotopic (exact) mass is 550 g/mol. The van der Waals surface area contributed by atoms with Crippen molar-refractivity contribution in [3.8, 4) is 5.75 Å². The van der Waals surface area contributed by atoms with Gasteiger partial charge in [0.25, 0.3) is 0 Å². The highest BCUT2D eigenvalue weighted by Crippen LogP contribution is 2.69. The van der Waals surface area contributed by atoms with E-state index in [1.54, 1.807) is 13.3 Å². The molecule has 37 heavy (non-hydrogen) atoms. The third-order valence-corrected chi connectivity index (χ3v) is 10.4. The lowest BCUT2D eigenvalue weighted by Gasteiger charge is -2.53. The van der Waals surface area contributed by atoms with E-state index in [1.807, 2.05) is 19.9 Å². The molecule has 0 aliphatic heterocycles. The first-order chi connectivity index (χ1) is 17.4. The molecule has 4 unspecified atom stereocenters. The Labute approximate surface area is 220 Å².